The topological polar surface area (TPSA) is 65.4 Å². The summed E-state index contributed by atoms with van der Waals surface area (Å²) in [5.74, 6) is 0.884. The zero-order chi connectivity index (χ0) is 20.4. The molecule has 1 N–H and O–H groups in total. The first-order valence-electron chi connectivity index (χ1n) is 9.53. The van der Waals surface area contributed by atoms with Gasteiger partial charge in [0.15, 0.2) is 17.2 Å². The van der Waals surface area contributed by atoms with Gasteiger partial charge in [-0.05, 0) is 47.9 Å². The summed E-state index contributed by atoms with van der Waals surface area (Å²) in [6, 6.07) is 13.1. The SMILES string of the molecule is CC(C)[C@H](NC(=O)c1ccn(-c2cccc(F)c2)n1)c1ccc2c(c1)OCCO2. The first-order chi connectivity index (χ1) is 14.0. The first kappa shape index (κ1) is 19.0. The number of fused-ring (bicyclic) bond motifs is 1. The zero-order valence-corrected chi connectivity index (χ0v) is 16.3. The van der Waals surface area contributed by atoms with Crippen molar-refractivity contribution >= 4 is 5.91 Å². The van der Waals surface area contributed by atoms with Gasteiger partial charge in [0.1, 0.15) is 19.0 Å². The number of benzene rings is 2. The molecule has 29 heavy (non-hydrogen) atoms. The zero-order valence-electron chi connectivity index (χ0n) is 16.3. The Bertz CT molecular complexity index is 1030. The van der Waals surface area contributed by atoms with Crippen LogP contribution in [0.25, 0.3) is 5.69 Å². The summed E-state index contributed by atoms with van der Waals surface area (Å²) in [7, 11) is 0. The highest BCUT2D eigenvalue weighted by molar-refractivity contribution is 5.92. The van der Waals surface area contributed by atoms with Crippen molar-refractivity contribution in [1.82, 2.24) is 15.1 Å². The van der Waals surface area contributed by atoms with Crippen molar-refractivity contribution in [1.29, 1.82) is 0 Å². The second kappa shape index (κ2) is 7.95. The number of ether oxygens (including phenoxy) is 2. The quantitative estimate of drug-likeness (QED) is 0.711. The molecule has 0 radical (unpaired) electrons. The Morgan fingerprint density at radius 2 is 1.90 bits per heavy atom. The fourth-order valence-corrected chi connectivity index (χ4v) is 3.31. The Morgan fingerprint density at radius 1 is 1.10 bits per heavy atom. The Balaban J connectivity index is 1.54. The molecule has 0 fully saturated rings. The molecule has 0 saturated heterocycles. The molecular weight excluding hydrogens is 373 g/mol. The van der Waals surface area contributed by atoms with E-state index in [-0.39, 0.29) is 29.4 Å². The lowest BCUT2D eigenvalue weighted by molar-refractivity contribution is 0.0920. The van der Waals surface area contributed by atoms with E-state index in [4.69, 9.17) is 9.47 Å². The molecule has 1 aliphatic heterocycles. The van der Waals surface area contributed by atoms with Crippen LogP contribution < -0.4 is 14.8 Å². The maximum Gasteiger partial charge on any atom is 0.272 e. The van der Waals surface area contributed by atoms with E-state index in [1.807, 2.05) is 32.0 Å². The maximum atomic E-state index is 13.4. The fraction of sp³-hybridized carbons (Fsp3) is 0.273. The molecule has 2 heterocycles. The number of hydrogen-bond acceptors (Lipinski definition) is 4. The smallest absolute Gasteiger partial charge is 0.272 e. The Kier molecular flexibility index (Phi) is 5.20. The molecule has 1 atom stereocenters. The van der Waals surface area contributed by atoms with Crippen LogP contribution in [0.2, 0.25) is 0 Å². The number of carbonyl (C=O) groups is 1. The summed E-state index contributed by atoms with van der Waals surface area (Å²) in [5, 5.41) is 7.34. The summed E-state index contributed by atoms with van der Waals surface area (Å²) < 4.78 is 26.2. The molecule has 1 aromatic heterocycles. The average molecular weight is 395 g/mol. The van der Waals surface area contributed by atoms with Crippen molar-refractivity contribution in [2.45, 2.75) is 19.9 Å². The van der Waals surface area contributed by atoms with E-state index in [9.17, 15) is 9.18 Å². The van der Waals surface area contributed by atoms with Crippen LogP contribution in [0.3, 0.4) is 0 Å². The molecule has 1 aliphatic rings. The minimum absolute atomic E-state index is 0.145. The molecule has 0 bridgehead atoms. The van der Waals surface area contributed by atoms with E-state index in [1.54, 1.807) is 24.4 Å². The van der Waals surface area contributed by atoms with Crippen molar-refractivity contribution in [3.63, 3.8) is 0 Å². The van der Waals surface area contributed by atoms with Gasteiger partial charge in [0, 0.05) is 6.20 Å². The Labute approximate surface area is 168 Å². The lowest BCUT2D eigenvalue weighted by atomic mass is 9.95. The average Bonchev–Trinajstić information content (AvgIpc) is 3.22. The maximum absolute atomic E-state index is 13.4. The van der Waals surface area contributed by atoms with Gasteiger partial charge in [0.25, 0.3) is 5.91 Å². The summed E-state index contributed by atoms with van der Waals surface area (Å²) in [4.78, 5) is 12.8. The van der Waals surface area contributed by atoms with E-state index >= 15 is 0 Å². The van der Waals surface area contributed by atoms with Gasteiger partial charge in [0.2, 0.25) is 0 Å². The molecule has 150 valence electrons. The van der Waals surface area contributed by atoms with Crippen LogP contribution in [-0.4, -0.2) is 28.9 Å². The second-order valence-corrected chi connectivity index (χ2v) is 7.22. The van der Waals surface area contributed by atoms with Crippen LogP contribution >= 0.6 is 0 Å². The van der Waals surface area contributed by atoms with E-state index in [2.05, 4.69) is 10.4 Å². The third kappa shape index (κ3) is 4.08. The Hall–Kier alpha value is -3.35. The molecule has 0 aliphatic carbocycles. The van der Waals surface area contributed by atoms with Gasteiger partial charge in [0.05, 0.1) is 11.7 Å². The predicted octanol–water partition coefficient (Wildman–Crippen LogP) is 3.91. The standard InChI is InChI=1S/C22H22FN3O3/c1-14(2)21(15-6-7-19-20(12-15)29-11-10-28-19)24-22(27)18-8-9-26(25-18)17-5-3-4-16(23)13-17/h3-9,12-14,21H,10-11H2,1-2H3,(H,24,27)/t21-/m0/s1. The molecule has 4 rings (SSSR count). The highest BCUT2D eigenvalue weighted by atomic mass is 19.1. The predicted molar refractivity (Wildman–Crippen MR) is 106 cm³/mol. The molecule has 1 amide bonds. The summed E-state index contributed by atoms with van der Waals surface area (Å²) in [6.45, 7) is 5.11. The van der Waals surface area contributed by atoms with Crippen molar-refractivity contribution in [3.05, 3.63) is 71.8 Å². The van der Waals surface area contributed by atoms with Crippen molar-refractivity contribution in [3.8, 4) is 17.2 Å². The van der Waals surface area contributed by atoms with Crippen molar-refractivity contribution in [2.24, 2.45) is 5.92 Å². The van der Waals surface area contributed by atoms with Gasteiger partial charge in [-0.1, -0.05) is 26.0 Å². The normalized spacial score (nSPS) is 13.9. The van der Waals surface area contributed by atoms with Gasteiger partial charge in [-0.2, -0.15) is 5.10 Å². The number of hydrogen-bond donors (Lipinski definition) is 1. The van der Waals surface area contributed by atoms with Gasteiger partial charge >= 0.3 is 0 Å². The molecule has 3 aromatic rings. The summed E-state index contributed by atoms with van der Waals surface area (Å²) in [5.41, 5.74) is 1.75. The number of amides is 1. The largest absolute Gasteiger partial charge is 0.486 e. The molecule has 0 unspecified atom stereocenters. The minimum Gasteiger partial charge on any atom is -0.486 e. The monoisotopic (exact) mass is 395 g/mol. The minimum atomic E-state index is -0.359. The van der Waals surface area contributed by atoms with Crippen molar-refractivity contribution < 1.29 is 18.7 Å². The molecule has 7 heteroatoms. The van der Waals surface area contributed by atoms with Crippen molar-refractivity contribution in [2.75, 3.05) is 13.2 Å². The van der Waals surface area contributed by atoms with Crippen LogP contribution in [-0.2, 0) is 0 Å². The van der Waals surface area contributed by atoms with E-state index in [0.29, 0.717) is 30.4 Å². The second-order valence-electron chi connectivity index (χ2n) is 7.22. The number of nitrogens with zero attached hydrogens (tertiary/aromatic N) is 2. The Morgan fingerprint density at radius 3 is 2.66 bits per heavy atom. The molecule has 6 nitrogen and oxygen atoms in total. The van der Waals surface area contributed by atoms with Crippen LogP contribution in [0.4, 0.5) is 4.39 Å². The highest BCUT2D eigenvalue weighted by Gasteiger charge is 2.23. The van der Waals surface area contributed by atoms with Gasteiger partial charge in [-0.3, -0.25) is 4.79 Å². The third-order valence-corrected chi connectivity index (χ3v) is 4.77. The highest BCUT2D eigenvalue weighted by Crippen LogP contribution is 2.34. The van der Waals surface area contributed by atoms with E-state index < -0.39 is 0 Å². The van der Waals surface area contributed by atoms with Gasteiger partial charge in [-0.15, -0.1) is 0 Å². The number of aromatic nitrogens is 2. The first-order valence-corrected chi connectivity index (χ1v) is 9.53. The van der Waals surface area contributed by atoms with Gasteiger partial charge < -0.3 is 14.8 Å². The van der Waals surface area contributed by atoms with E-state index in [1.165, 1.54) is 16.8 Å². The number of carbonyl (C=O) groups excluding carboxylic acids is 1. The van der Waals surface area contributed by atoms with E-state index in [0.717, 1.165) is 5.56 Å². The van der Waals surface area contributed by atoms with Crippen LogP contribution in [0.15, 0.2) is 54.7 Å². The number of nitrogens with one attached hydrogen (secondary N) is 1. The lowest BCUT2D eigenvalue weighted by Crippen LogP contribution is -2.32. The van der Waals surface area contributed by atoms with Crippen LogP contribution in [0.5, 0.6) is 11.5 Å². The molecular formula is C22H22FN3O3. The number of halogens is 1. The summed E-state index contributed by atoms with van der Waals surface area (Å²) >= 11 is 0. The molecule has 0 saturated carbocycles. The molecule has 2 aromatic carbocycles. The fourth-order valence-electron chi connectivity index (χ4n) is 3.31. The third-order valence-electron chi connectivity index (χ3n) is 4.77. The summed E-state index contributed by atoms with van der Waals surface area (Å²) in [6.07, 6.45) is 1.64. The van der Waals surface area contributed by atoms with Gasteiger partial charge in [-0.25, -0.2) is 9.07 Å². The van der Waals surface area contributed by atoms with Crippen LogP contribution in [0.1, 0.15) is 35.9 Å². The lowest BCUT2D eigenvalue weighted by Gasteiger charge is -2.25. The molecule has 0 spiro atoms. The van der Waals surface area contributed by atoms with Crippen LogP contribution in [0, 0.1) is 11.7 Å². The number of rotatable bonds is 5.